The van der Waals surface area contributed by atoms with E-state index in [0.717, 1.165) is 6.41 Å². The second-order valence-corrected chi connectivity index (χ2v) is 1.96. The Morgan fingerprint density at radius 3 is 2.70 bits per heavy atom. The van der Waals surface area contributed by atoms with Crippen LogP contribution in [0.4, 0.5) is 0 Å². The number of hydrogen-bond donors (Lipinski definition) is 0. The van der Waals surface area contributed by atoms with E-state index in [9.17, 15) is 9.59 Å². The van der Waals surface area contributed by atoms with E-state index in [-0.39, 0.29) is 12.7 Å². The van der Waals surface area contributed by atoms with Gasteiger partial charge in [0.1, 0.15) is 6.61 Å². The summed E-state index contributed by atoms with van der Waals surface area (Å²) in [6, 6.07) is 0. The van der Waals surface area contributed by atoms with E-state index < -0.39 is 5.91 Å². The molecule has 56 valence electrons. The number of carbonyl (C=O) groups is 1. The first-order valence-electron chi connectivity index (χ1n) is 2.89. The Kier molecular flexibility index (Phi) is 4.49. The third kappa shape index (κ3) is 5.24. The van der Waals surface area contributed by atoms with Crippen molar-refractivity contribution in [2.75, 3.05) is 6.61 Å². The lowest BCUT2D eigenvalue weighted by molar-refractivity contribution is -0.125. The summed E-state index contributed by atoms with van der Waals surface area (Å²) in [7, 11) is 0. The molecule has 0 aliphatic rings. The molecule has 0 saturated heterocycles. The molecule has 0 saturated carbocycles. The Hall–Kier alpha value is -0.900. The molecule has 0 atom stereocenters. The van der Waals surface area contributed by atoms with Crippen molar-refractivity contribution in [3.8, 4) is 0 Å². The van der Waals surface area contributed by atoms with Gasteiger partial charge in [-0.2, -0.15) is 5.32 Å². The quantitative estimate of drug-likeness (QED) is 0.538. The second-order valence-electron chi connectivity index (χ2n) is 1.96. The molecule has 0 fully saturated rings. The summed E-state index contributed by atoms with van der Waals surface area (Å²) >= 11 is 0. The number of ether oxygens (including phenoxy) is 1. The molecule has 0 rings (SSSR count). The van der Waals surface area contributed by atoms with Gasteiger partial charge in [0.15, 0.2) is 0 Å². The zero-order chi connectivity index (χ0) is 7.98. The molecule has 4 heteroatoms. The summed E-state index contributed by atoms with van der Waals surface area (Å²) < 4.78 is 4.83. The molecule has 2 amide bonds. The molecule has 0 aromatic carbocycles. The molecule has 0 spiro atoms. The van der Waals surface area contributed by atoms with Crippen LogP contribution in [0.2, 0.25) is 0 Å². The number of carbonyl (C=O) groups excluding carboxylic acids is 2. The molecular weight excluding hydrogens is 134 g/mol. The molecule has 2 radical (unpaired) electrons. The molecule has 4 nitrogen and oxygen atoms in total. The topological polar surface area (TPSA) is 57.5 Å². The molecule has 0 aromatic rings. The van der Waals surface area contributed by atoms with Crippen molar-refractivity contribution in [1.29, 1.82) is 0 Å². The molecule has 0 unspecified atom stereocenters. The second kappa shape index (κ2) is 4.93. The van der Waals surface area contributed by atoms with Gasteiger partial charge in [-0.05, 0) is 13.8 Å². The Labute approximate surface area is 59.6 Å². The van der Waals surface area contributed by atoms with E-state index in [1.165, 1.54) is 0 Å². The standard InChI is InChI=1S/C6H9NO3/c1-5(2)10-3-6(9)7-4-8/h5H,3H2,1-2H3. The van der Waals surface area contributed by atoms with Gasteiger partial charge < -0.3 is 4.74 Å². The van der Waals surface area contributed by atoms with E-state index in [0.29, 0.717) is 0 Å². The minimum Gasteiger partial charge on any atom is -0.369 e. The van der Waals surface area contributed by atoms with Gasteiger partial charge in [0.05, 0.1) is 6.10 Å². The van der Waals surface area contributed by atoms with Crippen LogP contribution in [-0.4, -0.2) is 25.0 Å². The fraction of sp³-hybridized carbons (Fsp3) is 0.667. The zero-order valence-electron chi connectivity index (χ0n) is 5.96. The smallest absolute Gasteiger partial charge is 0.340 e. The minimum absolute atomic E-state index is 0.0224. The van der Waals surface area contributed by atoms with Gasteiger partial charge in [0, 0.05) is 0 Å². The fourth-order valence-corrected chi connectivity index (χ4v) is 0.321. The first kappa shape index (κ1) is 9.10. The third-order valence-corrected chi connectivity index (χ3v) is 0.710. The molecule has 10 heavy (non-hydrogen) atoms. The first-order chi connectivity index (χ1) is 4.66. The van der Waals surface area contributed by atoms with Crippen LogP contribution in [0.1, 0.15) is 13.8 Å². The highest BCUT2D eigenvalue weighted by Gasteiger charge is 2.02. The molecular formula is C6H9NO3. The Balaban J connectivity index is 3.30. The Bertz CT molecular complexity index is 122. The van der Waals surface area contributed by atoms with Crippen molar-refractivity contribution in [2.24, 2.45) is 0 Å². The maximum absolute atomic E-state index is 10.4. The van der Waals surface area contributed by atoms with Crippen LogP contribution in [0.25, 0.3) is 0 Å². The largest absolute Gasteiger partial charge is 0.369 e. The van der Waals surface area contributed by atoms with Gasteiger partial charge in [-0.15, -0.1) is 0 Å². The van der Waals surface area contributed by atoms with Crippen molar-refractivity contribution in [3.63, 3.8) is 0 Å². The van der Waals surface area contributed by atoms with Crippen molar-refractivity contribution < 1.29 is 14.3 Å². The molecule has 0 N–H and O–H groups in total. The lowest BCUT2D eigenvalue weighted by Gasteiger charge is -2.03. The summed E-state index contributed by atoms with van der Waals surface area (Å²) in [6.45, 7) is 3.43. The van der Waals surface area contributed by atoms with Crippen LogP contribution in [0.15, 0.2) is 0 Å². The minimum atomic E-state index is -0.594. The highest BCUT2D eigenvalue weighted by Crippen LogP contribution is 1.85. The van der Waals surface area contributed by atoms with E-state index in [4.69, 9.17) is 4.74 Å². The van der Waals surface area contributed by atoms with E-state index in [1.54, 1.807) is 13.8 Å². The summed E-state index contributed by atoms with van der Waals surface area (Å²) in [4.78, 5) is 19.9. The van der Waals surface area contributed by atoms with Crippen molar-refractivity contribution in [2.45, 2.75) is 20.0 Å². The number of amides is 2. The van der Waals surface area contributed by atoms with Crippen molar-refractivity contribution in [1.82, 2.24) is 5.32 Å². The van der Waals surface area contributed by atoms with Crippen molar-refractivity contribution >= 4 is 12.3 Å². The van der Waals surface area contributed by atoms with E-state index >= 15 is 0 Å². The van der Waals surface area contributed by atoms with Crippen molar-refractivity contribution in [3.05, 3.63) is 0 Å². The lowest BCUT2D eigenvalue weighted by atomic mass is 10.5. The summed E-state index contributed by atoms with van der Waals surface area (Å²) in [5, 5.41) is 2.83. The van der Waals surface area contributed by atoms with Gasteiger partial charge in [0.25, 0.3) is 5.91 Å². The van der Waals surface area contributed by atoms with Gasteiger partial charge in [-0.25, -0.2) is 0 Å². The molecule has 0 aliphatic heterocycles. The zero-order valence-corrected chi connectivity index (χ0v) is 5.96. The predicted molar refractivity (Wildman–Crippen MR) is 33.9 cm³/mol. The van der Waals surface area contributed by atoms with Gasteiger partial charge in [-0.1, -0.05) is 0 Å². The SMILES string of the molecule is CC(C)OCC(=O)[N][C]=O. The average molecular weight is 143 g/mol. The third-order valence-electron chi connectivity index (χ3n) is 0.710. The number of hydrogen-bond acceptors (Lipinski definition) is 3. The maximum Gasteiger partial charge on any atom is 0.340 e. The molecule has 0 heterocycles. The van der Waals surface area contributed by atoms with E-state index in [1.807, 2.05) is 0 Å². The van der Waals surface area contributed by atoms with Gasteiger partial charge in [0.2, 0.25) is 0 Å². The summed E-state index contributed by atoms with van der Waals surface area (Å²) in [5.74, 6) is -0.594. The number of rotatable bonds is 4. The van der Waals surface area contributed by atoms with Gasteiger partial charge in [-0.3, -0.25) is 9.59 Å². The summed E-state index contributed by atoms with van der Waals surface area (Å²) in [5.41, 5.74) is 0. The highest BCUT2D eigenvalue weighted by molar-refractivity contribution is 5.86. The van der Waals surface area contributed by atoms with Crippen LogP contribution in [-0.2, 0) is 14.3 Å². The molecule has 0 aromatic heterocycles. The molecule has 0 aliphatic carbocycles. The first-order valence-corrected chi connectivity index (χ1v) is 2.89. The lowest BCUT2D eigenvalue weighted by Crippen LogP contribution is -2.21. The predicted octanol–water partition coefficient (Wildman–Crippen LogP) is -0.390. The summed E-state index contributed by atoms with van der Waals surface area (Å²) in [6.07, 6.45) is 1.11. The van der Waals surface area contributed by atoms with Crippen LogP contribution in [0.3, 0.4) is 0 Å². The maximum atomic E-state index is 10.4. The van der Waals surface area contributed by atoms with Crippen LogP contribution >= 0.6 is 0 Å². The Morgan fingerprint density at radius 1 is 1.70 bits per heavy atom. The normalized spacial score (nSPS) is 9.50. The molecule has 0 bridgehead atoms. The van der Waals surface area contributed by atoms with Crippen LogP contribution < -0.4 is 5.32 Å². The van der Waals surface area contributed by atoms with Crippen LogP contribution in [0, 0.1) is 0 Å². The monoisotopic (exact) mass is 143 g/mol. The van der Waals surface area contributed by atoms with Gasteiger partial charge >= 0.3 is 6.41 Å². The highest BCUT2D eigenvalue weighted by atomic mass is 16.5. The Morgan fingerprint density at radius 2 is 2.30 bits per heavy atom. The van der Waals surface area contributed by atoms with E-state index in [2.05, 4.69) is 5.32 Å². The fourth-order valence-electron chi connectivity index (χ4n) is 0.321. The number of nitrogens with zero attached hydrogens (tertiary/aromatic N) is 1. The number of imide groups is 1. The average Bonchev–Trinajstić information content (AvgIpc) is 1.85. The van der Waals surface area contributed by atoms with Crippen LogP contribution in [0.5, 0.6) is 0 Å².